The molecule has 1 aromatic heterocycles. The Kier molecular flexibility index (Phi) is 4.58. The maximum Gasteiger partial charge on any atom is 0.222 e. The van der Waals surface area contributed by atoms with Crippen molar-refractivity contribution >= 4 is 5.91 Å². The summed E-state index contributed by atoms with van der Waals surface area (Å²) in [5.41, 5.74) is 5.97. The van der Waals surface area contributed by atoms with E-state index in [1.807, 2.05) is 24.9 Å². The fourth-order valence-electron chi connectivity index (χ4n) is 2.77. The molecule has 1 aliphatic rings. The number of carbonyl (C=O) groups excluding carboxylic acids is 1. The lowest BCUT2D eigenvalue weighted by Gasteiger charge is -2.27. The molecule has 0 saturated heterocycles. The van der Waals surface area contributed by atoms with Crippen LogP contribution < -0.4 is 5.73 Å². The van der Waals surface area contributed by atoms with Gasteiger partial charge in [0.1, 0.15) is 5.82 Å². The fourth-order valence-corrected chi connectivity index (χ4v) is 2.77. The molecule has 1 aliphatic carbocycles. The number of nitrogens with zero attached hydrogens (tertiary/aromatic N) is 3. The van der Waals surface area contributed by atoms with Gasteiger partial charge in [-0.05, 0) is 25.2 Å². The topological polar surface area (TPSA) is 64.2 Å². The van der Waals surface area contributed by atoms with Gasteiger partial charge in [0.25, 0.3) is 0 Å². The quantitative estimate of drug-likeness (QED) is 0.891. The number of rotatable bonds is 4. The highest BCUT2D eigenvalue weighted by atomic mass is 16.2. The molecule has 5 nitrogen and oxygen atoms in total. The predicted octanol–water partition coefficient (Wildman–Crippen LogP) is 1.29. The van der Waals surface area contributed by atoms with E-state index < -0.39 is 0 Å². The SMILES string of the molecule is CN(Cc1nccn1C)C(=O)CC1CCCC(N)C1. The number of hydrogen-bond donors (Lipinski definition) is 1. The monoisotopic (exact) mass is 264 g/mol. The maximum atomic E-state index is 12.2. The van der Waals surface area contributed by atoms with Gasteiger partial charge in [-0.15, -0.1) is 0 Å². The van der Waals surface area contributed by atoms with Crippen LogP contribution in [-0.2, 0) is 18.4 Å². The first kappa shape index (κ1) is 14.1. The number of aromatic nitrogens is 2. The van der Waals surface area contributed by atoms with Crippen LogP contribution in [0.15, 0.2) is 12.4 Å². The lowest BCUT2D eigenvalue weighted by Crippen LogP contribution is -2.33. The summed E-state index contributed by atoms with van der Waals surface area (Å²) in [6.45, 7) is 0.571. The van der Waals surface area contributed by atoms with Crippen LogP contribution in [0.4, 0.5) is 0 Å². The minimum Gasteiger partial charge on any atom is -0.338 e. The molecular formula is C14H24N4O. The van der Waals surface area contributed by atoms with E-state index in [-0.39, 0.29) is 11.9 Å². The van der Waals surface area contributed by atoms with Crippen molar-refractivity contribution in [3.63, 3.8) is 0 Å². The Balaban J connectivity index is 1.84. The first-order valence-corrected chi connectivity index (χ1v) is 7.02. The molecule has 0 aromatic carbocycles. The van der Waals surface area contributed by atoms with Gasteiger partial charge in [0.05, 0.1) is 6.54 Å². The molecule has 2 rings (SSSR count). The third-order valence-electron chi connectivity index (χ3n) is 4.01. The summed E-state index contributed by atoms with van der Waals surface area (Å²) in [7, 11) is 3.79. The van der Waals surface area contributed by atoms with Gasteiger partial charge in [0.15, 0.2) is 0 Å². The first-order chi connectivity index (χ1) is 9.06. The molecule has 1 fully saturated rings. The zero-order chi connectivity index (χ0) is 13.8. The Morgan fingerprint density at radius 2 is 2.37 bits per heavy atom. The maximum absolute atomic E-state index is 12.2. The number of imidazole rings is 1. The number of nitrogens with two attached hydrogens (primary N) is 1. The van der Waals surface area contributed by atoms with Crippen molar-refractivity contribution < 1.29 is 4.79 Å². The average Bonchev–Trinajstić information content (AvgIpc) is 2.75. The summed E-state index contributed by atoms with van der Waals surface area (Å²) in [6.07, 6.45) is 8.66. The van der Waals surface area contributed by atoms with Crippen molar-refractivity contribution in [3.8, 4) is 0 Å². The molecule has 1 aromatic rings. The van der Waals surface area contributed by atoms with Crippen LogP contribution in [0.3, 0.4) is 0 Å². The van der Waals surface area contributed by atoms with Gasteiger partial charge in [-0.1, -0.05) is 6.42 Å². The van der Waals surface area contributed by atoms with Crippen molar-refractivity contribution in [2.45, 2.75) is 44.7 Å². The number of carbonyl (C=O) groups is 1. The van der Waals surface area contributed by atoms with Crippen LogP contribution in [0.5, 0.6) is 0 Å². The summed E-state index contributed by atoms with van der Waals surface area (Å²) >= 11 is 0. The van der Waals surface area contributed by atoms with Gasteiger partial charge in [0.2, 0.25) is 5.91 Å². The van der Waals surface area contributed by atoms with Crippen molar-refractivity contribution in [2.75, 3.05) is 7.05 Å². The van der Waals surface area contributed by atoms with E-state index >= 15 is 0 Å². The molecule has 1 saturated carbocycles. The Hall–Kier alpha value is -1.36. The van der Waals surface area contributed by atoms with Crippen LogP contribution in [0.2, 0.25) is 0 Å². The molecule has 2 N–H and O–H groups in total. The zero-order valence-electron chi connectivity index (χ0n) is 11.9. The lowest BCUT2D eigenvalue weighted by molar-refractivity contribution is -0.131. The van der Waals surface area contributed by atoms with Crippen LogP contribution in [0, 0.1) is 5.92 Å². The molecule has 2 atom stereocenters. The number of aryl methyl sites for hydroxylation is 1. The third kappa shape index (κ3) is 3.80. The lowest BCUT2D eigenvalue weighted by atomic mass is 9.84. The van der Waals surface area contributed by atoms with Gasteiger partial charge in [-0.2, -0.15) is 0 Å². The largest absolute Gasteiger partial charge is 0.338 e. The Bertz CT molecular complexity index is 429. The normalized spacial score (nSPS) is 23.3. The molecule has 1 amide bonds. The van der Waals surface area contributed by atoms with E-state index in [1.165, 1.54) is 0 Å². The Morgan fingerprint density at radius 1 is 1.58 bits per heavy atom. The van der Waals surface area contributed by atoms with E-state index in [9.17, 15) is 4.79 Å². The standard InChI is InChI=1S/C14H24N4O/c1-17-7-6-16-13(17)10-18(2)14(19)9-11-4-3-5-12(15)8-11/h6-7,11-12H,3-5,8-10,15H2,1-2H3. The molecule has 0 aliphatic heterocycles. The molecule has 106 valence electrons. The van der Waals surface area contributed by atoms with Gasteiger partial charge >= 0.3 is 0 Å². The van der Waals surface area contributed by atoms with E-state index in [0.717, 1.165) is 31.5 Å². The van der Waals surface area contributed by atoms with Crippen molar-refractivity contribution in [3.05, 3.63) is 18.2 Å². The fraction of sp³-hybridized carbons (Fsp3) is 0.714. The van der Waals surface area contributed by atoms with Crippen LogP contribution >= 0.6 is 0 Å². The summed E-state index contributed by atoms with van der Waals surface area (Å²) in [6, 6.07) is 0.284. The van der Waals surface area contributed by atoms with Crippen LogP contribution in [0.1, 0.15) is 37.9 Å². The summed E-state index contributed by atoms with van der Waals surface area (Å²) in [5.74, 6) is 1.57. The smallest absolute Gasteiger partial charge is 0.222 e. The van der Waals surface area contributed by atoms with Crippen LogP contribution in [0.25, 0.3) is 0 Å². The Labute approximate surface area is 114 Å². The number of amides is 1. The second kappa shape index (κ2) is 6.19. The predicted molar refractivity (Wildman–Crippen MR) is 74.2 cm³/mol. The van der Waals surface area contributed by atoms with Crippen molar-refractivity contribution in [2.24, 2.45) is 18.7 Å². The molecule has 0 spiro atoms. The molecule has 0 radical (unpaired) electrons. The summed E-state index contributed by atoms with van der Waals surface area (Å²) < 4.78 is 1.94. The number of hydrogen-bond acceptors (Lipinski definition) is 3. The van der Waals surface area contributed by atoms with E-state index in [1.54, 1.807) is 11.1 Å². The van der Waals surface area contributed by atoms with Crippen molar-refractivity contribution in [1.29, 1.82) is 0 Å². The van der Waals surface area contributed by atoms with Gasteiger partial charge in [0, 0.05) is 39.0 Å². The molecule has 1 heterocycles. The molecule has 19 heavy (non-hydrogen) atoms. The minimum atomic E-state index is 0.196. The Morgan fingerprint density at radius 3 is 3.00 bits per heavy atom. The second-order valence-corrected chi connectivity index (χ2v) is 5.70. The highest BCUT2D eigenvalue weighted by Gasteiger charge is 2.23. The van der Waals surface area contributed by atoms with E-state index in [4.69, 9.17) is 5.73 Å². The molecule has 2 unspecified atom stereocenters. The van der Waals surface area contributed by atoms with Crippen molar-refractivity contribution in [1.82, 2.24) is 14.5 Å². The van der Waals surface area contributed by atoms with E-state index in [0.29, 0.717) is 18.9 Å². The van der Waals surface area contributed by atoms with Crippen LogP contribution in [-0.4, -0.2) is 33.4 Å². The molecule has 5 heteroatoms. The highest BCUT2D eigenvalue weighted by Crippen LogP contribution is 2.26. The average molecular weight is 264 g/mol. The first-order valence-electron chi connectivity index (χ1n) is 7.02. The second-order valence-electron chi connectivity index (χ2n) is 5.70. The third-order valence-corrected chi connectivity index (χ3v) is 4.01. The zero-order valence-corrected chi connectivity index (χ0v) is 11.9. The van der Waals surface area contributed by atoms with E-state index in [2.05, 4.69) is 4.98 Å². The van der Waals surface area contributed by atoms with Gasteiger partial charge in [-0.25, -0.2) is 4.98 Å². The van der Waals surface area contributed by atoms with Gasteiger partial charge < -0.3 is 15.2 Å². The summed E-state index contributed by atoms with van der Waals surface area (Å²) in [5, 5.41) is 0. The molecular weight excluding hydrogens is 240 g/mol. The van der Waals surface area contributed by atoms with Gasteiger partial charge in [-0.3, -0.25) is 4.79 Å². The minimum absolute atomic E-state index is 0.196. The highest BCUT2D eigenvalue weighted by molar-refractivity contribution is 5.76. The molecule has 0 bridgehead atoms. The summed E-state index contributed by atoms with van der Waals surface area (Å²) in [4.78, 5) is 18.2.